The van der Waals surface area contributed by atoms with Crippen LogP contribution in [0.5, 0.6) is 5.75 Å². The average molecular weight is 542 g/mol. The number of nitrogens with zero attached hydrogens (tertiary/aromatic N) is 2. The van der Waals surface area contributed by atoms with Gasteiger partial charge in [0.05, 0.1) is 22.7 Å². The Kier molecular flexibility index (Phi) is 8.52. The van der Waals surface area contributed by atoms with E-state index in [2.05, 4.69) is 97.8 Å². The summed E-state index contributed by atoms with van der Waals surface area (Å²) in [5, 5.41) is 11.1. The summed E-state index contributed by atoms with van der Waals surface area (Å²) < 4.78 is 4.50. The third kappa shape index (κ3) is 6.35. The molecular formula is C30H41BrN2O2. The Morgan fingerprint density at radius 3 is 2.11 bits per heavy atom. The van der Waals surface area contributed by atoms with Gasteiger partial charge in [0.15, 0.2) is 5.78 Å². The first-order valence-electron chi connectivity index (χ1n) is 12.8. The second-order valence-electron chi connectivity index (χ2n) is 12.0. The third-order valence-corrected chi connectivity index (χ3v) is 7.42. The van der Waals surface area contributed by atoms with E-state index in [1.807, 2.05) is 18.2 Å². The Morgan fingerprint density at radius 2 is 1.63 bits per heavy atom. The Labute approximate surface area is 220 Å². The van der Waals surface area contributed by atoms with Crippen LogP contribution in [0.3, 0.4) is 0 Å². The van der Waals surface area contributed by atoms with E-state index in [4.69, 9.17) is 0 Å². The van der Waals surface area contributed by atoms with Gasteiger partial charge in [0.2, 0.25) is 0 Å². The lowest BCUT2D eigenvalue weighted by Crippen LogP contribution is -2.39. The van der Waals surface area contributed by atoms with Gasteiger partial charge in [-0.05, 0) is 47.8 Å². The Balaban J connectivity index is 1.99. The van der Waals surface area contributed by atoms with Crippen molar-refractivity contribution in [2.75, 3.05) is 6.54 Å². The number of benzene rings is 2. The van der Waals surface area contributed by atoms with Gasteiger partial charge >= 0.3 is 0 Å². The number of halogens is 1. The summed E-state index contributed by atoms with van der Waals surface area (Å²) in [6, 6.07) is 14.5. The number of aromatic hydroxyl groups is 1. The smallest absolute Gasteiger partial charge is 0.182 e. The normalized spacial score (nSPS) is 20.0. The number of Topliss-reactive ketones (excluding diaryl/α,β-unsaturated/α-hetero) is 1. The topological polar surface area (TPSA) is 52.9 Å². The molecule has 5 heteroatoms. The van der Waals surface area contributed by atoms with E-state index in [1.54, 1.807) is 0 Å². The van der Waals surface area contributed by atoms with Crippen LogP contribution < -0.4 is 0 Å². The summed E-state index contributed by atoms with van der Waals surface area (Å²) in [4.78, 5) is 16.0. The zero-order chi connectivity index (χ0) is 26.0. The van der Waals surface area contributed by atoms with Crippen LogP contribution in [0.4, 0.5) is 0 Å². The van der Waals surface area contributed by atoms with Crippen molar-refractivity contribution in [3.63, 3.8) is 0 Å². The second kappa shape index (κ2) is 10.9. The molecule has 1 N–H and O–H groups in total. The van der Waals surface area contributed by atoms with Gasteiger partial charge in [0.25, 0.3) is 0 Å². The highest BCUT2D eigenvalue weighted by Crippen LogP contribution is 2.40. The number of ketones is 1. The lowest BCUT2D eigenvalue weighted by Gasteiger charge is -2.29. The lowest BCUT2D eigenvalue weighted by molar-refractivity contribution is 0.0952. The predicted molar refractivity (Wildman–Crippen MR) is 150 cm³/mol. The number of rotatable bonds is 7. The summed E-state index contributed by atoms with van der Waals surface area (Å²) in [5.41, 5.74) is 3.00. The molecule has 0 saturated carbocycles. The fourth-order valence-electron chi connectivity index (χ4n) is 5.17. The summed E-state index contributed by atoms with van der Waals surface area (Å²) in [5.74, 6) is 1.68. The van der Waals surface area contributed by atoms with Crippen LogP contribution in [0.25, 0.3) is 0 Å². The molecular weight excluding hydrogens is 500 g/mol. The molecule has 0 aliphatic carbocycles. The maximum atomic E-state index is 13.8. The fraction of sp³-hybridized carbons (Fsp3) is 0.533. The number of carbonyl (C=O) groups excluding carboxylic acids is 1. The summed E-state index contributed by atoms with van der Waals surface area (Å²) in [6.07, 6.45) is 4.02. The van der Waals surface area contributed by atoms with Crippen LogP contribution in [-0.2, 0) is 17.3 Å². The first-order chi connectivity index (χ1) is 16.4. The van der Waals surface area contributed by atoms with E-state index in [0.717, 1.165) is 42.6 Å². The molecule has 2 aromatic carbocycles. The number of phenols is 1. The highest BCUT2D eigenvalue weighted by molar-refractivity contribution is 9.08. The maximum Gasteiger partial charge on any atom is 0.182 e. The molecule has 0 amide bonds. The van der Waals surface area contributed by atoms with Gasteiger partial charge in [-0.2, -0.15) is 4.02 Å². The van der Waals surface area contributed by atoms with E-state index in [0.29, 0.717) is 17.2 Å². The molecule has 1 heterocycles. The van der Waals surface area contributed by atoms with Crippen molar-refractivity contribution < 1.29 is 9.90 Å². The molecule has 1 saturated heterocycles. The second-order valence-corrected chi connectivity index (χ2v) is 12.3. The quantitative estimate of drug-likeness (QED) is 0.367. The Hall–Kier alpha value is -2.14. The Bertz CT molecular complexity index is 1030. The largest absolute Gasteiger partial charge is 0.507 e. The molecule has 190 valence electrons. The first-order valence-corrected chi connectivity index (χ1v) is 13.5. The van der Waals surface area contributed by atoms with Crippen molar-refractivity contribution in [3.05, 3.63) is 64.7 Å². The molecule has 3 rings (SSSR count). The van der Waals surface area contributed by atoms with E-state index in [9.17, 15) is 9.90 Å². The predicted octanol–water partition coefficient (Wildman–Crippen LogP) is 7.61. The average Bonchev–Trinajstić information content (AvgIpc) is 3.08. The molecule has 0 bridgehead atoms. The van der Waals surface area contributed by atoms with Gasteiger partial charge in [0.1, 0.15) is 11.6 Å². The molecule has 0 unspecified atom stereocenters. The van der Waals surface area contributed by atoms with E-state index < -0.39 is 0 Å². The SMILES string of the molecule is CCC[C@H]1C[C@@H](Cc2ccccc2)N(CC(=O)c2cc(C(C)(C)C)c(O)c(C(C)(C)C)c2)/C1=N\Br. The van der Waals surface area contributed by atoms with Gasteiger partial charge in [-0.1, -0.05) is 85.2 Å². The number of phenolic OH excluding ortho intramolecular Hbond substituents is 1. The minimum Gasteiger partial charge on any atom is -0.507 e. The Morgan fingerprint density at radius 1 is 1.06 bits per heavy atom. The molecule has 4 nitrogen and oxygen atoms in total. The van der Waals surface area contributed by atoms with Gasteiger partial charge < -0.3 is 10.0 Å². The van der Waals surface area contributed by atoms with Crippen LogP contribution in [0, 0.1) is 5.92 Å². The number of amidine groups is 1. The van der Waals surface area contributed by atoms with Crippen molar-refractivity contribution in [2.24, 2.45) is 9.94 Å². The van der Waals surface area contributed by atoms with Crippen molar-refractivity contribution in [1.29, 1.82) is 0 Å². The van der Waals surface area contributed by atoms with Crippen LogP contribution in [0.1, 0.15) is 94.8 Å². The molecule has 35 heavy (non-hydrogen) atoms. The van der Waals surface area contributed by atoms with Gasteiger partial charge in [-0.15, -0.1) is 0 Å². The molecule has 1 fully saturated rings. The highest BCUT2D eigenvalue weighted by Gasteiger charge is 2.38. The van der Waals surface area contributed by atoms with Crippen LogP contribution in [-0.4, -0.2) is 34.2 Å². The minimum absolute atomic E-state index is 0.0601. The van der Waals surface area contributed by atoms with Gasteiger partial charge in [0, 0.05) is 28.7 Å². The molecule has 0 aromatic heterocycles. The maximum absolute atomic E-state index is 13.8. The molecule has 0 radical (unpaired) electrons. The van der Waals surface area contributed by atoms with E-state index in [-0.39, 0.29) is 29.2 Å². The van der Waals surface area contributed by atoms with Crippen molar-refractivity contribution in [3.8, 4) is 5.75 Å². The van der Waals surface area contributed by atoms with Crippen LogP contribution in [0.15, 0.2) is 46.5 Å². The number of hydrogen-bond acceptors (Lipinski definition) is 3. The third-order valence-electron chi connectivity index (χ3n) is 7.06. The standard InChI is InChI=1S/C30H41BrN2O2/c1-8-12-21-16-23(15-20-13-10-9-11-14-20)33(28(21)32-31)19-26(34)22-17-24(29(2,3)4)27(35)25(18-22)30(5,6)7/h9-11,13-14,17-18,21,23,35H,8,12,15-16,19H2,1-7H3/b32-28-/t21-,23+/m0/s1. The van der Waals surface area contributed by atoms with Crippen molar-refractivity contribution >= 4 is 27.8 Å². The number of likely N-dealkylation sites (tertiary alicyclic amines) is 1. The zero-order valence-electron chi connectivity index (χ0n) is 22.4. The first kappa shape index (κ1) is 27.4. The summed E-state index contributed by atoms with van der Waals surface area (Å²) in [7, 11) is 0. The molecule has 1 aliphatic rings. The summed E-state index contributed by atoms with van der Waals surface area (Å²) >= 11 is 3.37. The van der Waals surface area contributed by atoms with Crippen LogP contribution >= 0.6 is 16.1 Å². The van der Waals surface area contributed by atoms with Crippen molar-refractivity contribution in [2.45, 2.75) is 91.0 Å². The van der Waals surface area contributed by atoms with Gasteiger partial charge in [-0.25, -0.2) is 0 Å². The number of carbonyl (C=O) groups is 1. The number of hydrogen-bond donors (Lipinski definition) is 1. The molecule has 2 atom stereocenters. The van der Waals surface area contributed by atoms with E-state index >= 15 is 0 Å². The molecule has 2 aromatic rings. The van der Waals surface area contributed by atoms with E-state index in [1.165, 1.54) is 5.56 Å². The fourth-order valence-corrected chi connectivity index (χ4v) is 5.66. The zero-order valence-corrected chi connectivity index (χ0v) is 23.9. The molecule has 0 spiro atoms. The molecule has 1 aliphatic heterocycles. The lowest BCUT2D eigenvalue weighted by atomic mass is 9.78. The minimum atomic E-state index is -0.279. The highest BCUT2D eigenvalue weighted by atomic mass is 79.9. The summed E-state index contributed by atoms with van der Waals surface area (Å²) in [6.45, 7) is 14.9. The van der Waals surface area contributed by atoms with Gasteiger partial charge in [-0.3, -0.25) is 4.79 Å². The van der Waals surface area contributed by atoms with Crippen molar-refractivity contribution in [1.82, 2.24) is 4.90 Å². The van der Waals surface area contributed by atoms with Crippen LogP contribution in [0.2, 0.25) is 0 Å². The monoisotopic (exact) mass is 540 g/mol.